The lowest BCUT2D eigenvalue weighted by Crippen LogP contribution is -2.60. The summed E-state index contributed by atoms with van der Waals surface area (Å²) in [5.74, 6) is -2.05. The Labute approximate surface area is 389 Å². The van der Waals surface area contributed by atoms with Crippen molar-refractivity contribution >= 4 is 22.1 Å². The van der Waals surface area contributed by atoms with Crippen LogP contribution in [0.25, 0.3) is 0 Å². The van der Waals surface area contributed by atoms with Gasteiger partial charge in [0.25, 0.3) is 10.1 Å². The first-order valence-corrected chi connectivity index (χ1v) is 27.2. The van der Waals surface area contributed by atoms with Crippen molar-refractivity contribution in [1.82, 2.24) is 0 Å². The van der Waals surface area contributed by atoms with Crippen LogP contribution in [-0.2, 0) is 38.7 Å². The van der Waals surface area contributed by atoms with E-state index in [1.807, 2.05) is 0 Å². The number of allylic oxidation sites excluding steroid dienone is 6. The molecule has 13 heteroatoms. The second kappa shape index (κ2) is 41.1. The molecule has 0 saturated carbocycles. The predicted molar refractivity (Wildman–Crippen MR) is 256 cm³/mol. The van der Waals surface area contributed by atoms with E-state index in [0.717, 1.165) is 44.9 Å². The summed E-state index contributed by atoms with van der Waals surface area (Å²) in [5, 5.41) is 30.9. The van der Waals surface area contributed by atoms with Gasteiger partial charge in [-0.05, 0) is 70.6 Å². The minimum atomic E-state index is -4.61. The normalized spacial score (nSPS) is 19.9. The Bertz CT molecular complexity index is 1320. The molecule has 1 aliphatic heterocycles. The first-order chi connectivity index (χ1) is 31.0. The zero-order chi connectivity index (χ0) is 46.9. The Balaban J connectivity index is 2.37. The zero-order valence-electron chi connectivity index (χ0n) is 40.1. The molecule has 0 aromatic heterocycles. The largest absolute Gasteiger partial charge is 0.462 e. The van der Waals surface area contributed by atoms with Crippen LogP contribution in [0.4, 0.5) is 0 Å². The average molecular weight is 929 g/mol. The smallest absolute Gasteiger partial charge is 0.306 e. The maximum Gasteiger partial charge on any atom is 0.306 e. The van der Waals surface area contributed by atoms with E-state index in [-0.39, 0.29) is 19.4 Å². The Hall–Kier alpha value is -2.13. The number of unbranched alkanes of at least 4 members (excludes halogenated alkanes) is 25. The molecule has 2 unspecified atom stereocenters. The zero-order valence-corrected chi connectivity index (χ0v) is 41.0. The van der Waals surface area contributed by atoms with E-state index in [2.05, 4.69) is 50.3 Å². The molecule has 1 aliphatic rings. The van der Waals surface area contributed by atoms with Crippen molar-refractivity contribution in [3.05, 3.63) is 36.5 Å². The lowest BCUT2D eigenvalue weighted by molar-refractivity contribution is -0.297. The molecule has 12 nitrogen and oxygen atoms in total. The van der Waals surface area contributed by atoms with Crippen LogP contribution < -0.4 is 0 Å². The monoisotopic (exact) mass is 929 g/mol. The number of ether oxygens (including phenoxy) is 4. The summed E-state index contributed by atoms with van der Waals surface area (Å²) >= 11 is 0. The van der Waals surface area contributed by atoms with Crippen molar-refractivity contribution in [2.45, 2.75) is 256 Å². The highest BCUT2D eigenvalue weighted by Gasteiger charge is 2.46. The molecule has 0 amide bonds. The third-order valence-electron chi connectivity index (χ3n) is 11.7. The van der Waals surface area contributed by atoms with E-state index in [1.165, 1.54) is 128 Å². The van der Waals surface area contributed by atoms with Crippen molar-refractivity contribution in [3.8, 4) is 0 Å². The molecule has 374 valence electrons. The molecule has 6 atom stereocenters. The van der Waals surface area contributed by atoms with Crippen LogP contribution in [0.5, 0.6) is 0 Å². The predicted octanol–water partition coefficient (Wildman–Crippen LogP) is 11.3. The van der Waals surface area contributed by atoms with E-state index in [1.54, 1.807) is 0 Å². The molecular formula is C51H92O12S. The lowest BCUT2D eigenvalue weighted by Gasteiger charge is -2.40. The number of esters is 2. The van der Waals surface area contributed by atoms with Gasteiger partial charge in [0.05, 0.1) is 6.61 Å². The molecule has 1 fully saturated rings. The van der Waals surface area contributed by atoms with Crippen LogP contribution in [0.2, 0.25) is 0 Å². The highest BCUT2D eigenvalue weighted by Crippen LogP contribution is 2.24. The molecule has 4 N–H and O–H groups in total. The number of aliphatic hydroxyl groups is 3. The Kier molecular flexibility index (Phi) is 38.4. The Morgan fingerprint density at radius 3 is 1.39 bits per heavy atom. The van der Waals surface area contributed by atoms with Crippen LogP contribution in [0.15, 0.2) is 36.5 Å². The first-order valence-electron chi connectivity index (χ1n) is 25.5. The van der Waals surface area contributed by atoms with Crippen molar-refractivity contribution in [2.24, 2.45) is 0 Å². The van der Waals surface area contributed by atoms with Gasteiger partial charge in [0, 0.05) is 12.8 Å². The molecular weight excluding hydrogens is 837 g/mol. The van der Waals surface area contributed by atoms with E-state index < -0.39 is 71.2 Å². The molecule has 0 aromatic carbocycles. The molecule has 0 radical (unpaired) electrons. The van der Waals surface area contributed by atoms with Gasteiger partial charge in [0.1, 0.15) is 36.8 Å². The third-order valence-corrected chi connectivity index (χ3v) is 12.4. The van der Waals surface area contributed by atoms with Gasteiger partial charge in [-0.2, -0.15) is 8.42 Å². The minimum absolute atomic E-state index is 0.136. The molecule has 0 aromatic rings. The fraction of sp³-hybridized carbons (Fsp3) is 0.843. The van der Waals surface area contributed by atoms with Gasteiger partial charge in [0.2, 0.25) is 0 Å². The van der Waals surface area contributed by atoms with Gasteiger partial charge in [-0.3, -0.25) is 14.1 Å². The topological polar surface area (TPSA) is 186 Å². The standard InChI is InChI=1S/C51H92O12S/c1-3-5-7-9-11-13-15-17-18-19-20-21-22-23-24-25-26-28-29-31-33-35-37-39-46(52)60-41-44(42-61-51-50(56)49(55)48(54)45(63-51)43-64(57,58)59)62-47(53)40-38-36-34-32-30-27-16-14-12-10-8-6-4-2/h25-27,30-31,33,44-45,48-51,54-56H,3-24,28-29,32,34-43H2,1-2H3,(H,57,58,59)/b26-25+,30-27+,33-31+/t44-,45-,48-,49?,50?,51+/m1/s1. The first kappa shape index (κ1) is 59.9. The second-order valence-corrected chi connectivity index (χ2v) is 19.3. The number of carbonyl (C=O) groups excluding carboxylic acids is 2. The summed E-state index contributed by atoms with van der Waals surface area (Å²) in [6, 6.07) is 0. The van der Waals surface area contributed by atoms with Gasteiger partial charge in [0.15, 0.2) is 12.4 Å². The van der Waals surface area contributed by atoms with Crippen LogP contribution in [0.3, 0.4) is 0 Å². The third kappa shape index (κ3) is 35.1. The summed E-state index contributed by atoms with van der Waals surface area (Å²) in [4.78, 5) is 25.4. The molecule has 0 bridgehead atoms. The summed E-state index contributed by atoms with van der Waals surface area (Å²) in [5.41, 5.74) is 0. The van der Waals surface area contributed by atoms with Crippen LogP contribution in [0.1, 0.15) is 219 Å². The van der Waals surface area contributed by atoms with Crippen molar-refractivity contribution < 1.29 is 56.8 Å². The van der Waals surface area contributed by atoms with E-state index in [0.29, 0.717) is 19.3 Å². The fourth-order valence-electron chi connectivity index (χ4n) is 7.69. The maximum absolute atomic E-state index is 12.8. The second-order valence-electron chi connectivity index (χ2n) is 17.8. The molecule has 0 spiro atoms. The molecule has 0 aliphatic carbocycles. The Morgan fingerprint density at radius 1 is 0.516 bits per heavy atom. The minimum Gasteiger partial charge on any atom is -0.462 e. The van der Waals surface area contributed by atoms with Crippen molar-refractivity contribution in [1.29, 1.82) is 0 Å². The fourth-order valence-corrected chi connectivity index (χ4v) is 8.38. The summed E-state index contributed by atoms with van der Waals surface area (Å²) in [6.45, 7) is 3.73. The number of hydrogen-bond acceptors (Lipinski definition) is 11. The van der Waals surface area contributed by atoms with E-state index in [9.17, 15) is 37.9 Å². The van der Waals surface area contributed by atoms with Gasteiger partial charge >= 0.3 is 11.9 Å². The number of hydrogen-bond donors (Lipinski definition) is 4. The molecule has 1 rings (SSSR count). The average Bonchev–Trinajstić information content (AvgIpc) is 3.26. The van der Waals surface area contributed by atoms with Gasteiger partial charge in [-0.25, -0.2) is 0 Å². The highest BCUT2D eigenvalue weighted by molar-refractivity contribution is 7.85. The van der Waals surface area contributed by atoms with Gasteiger partial charge < -0.3 is 34.3 Å². The number of rotatable bonds is 43. The summed E-state index contributed by atoms with van der Waals surface area (Å²) in [6.07, 6.45) is 39.2. The van der Waals surface area contributed by atoms with Crippen LogP contribution >= 0.6 is 0 Å². The highest BCUT2D eigenvalue weighted by atomic mass is 32.2. The molecule has 1 saturated heterocycles. The van der Waals surface area contributed by atoms with Crippen LogP contribution in [-0.4, -0.2) is 96.0 Å². The summed E-state index contributed by atoms with van der Waals surface area (Å²) < 4.78 is 54.1. The maximum atomic E-state index is 12.8. The van der Waals surface area contributed by atoms with Gasteiger partial charge in [-0.1, -0.05) is 172 Å². The number of aliphatic hydroxyl groups excluding tert-OH is 3. The summed E-state index contributed by atoms with van der Waals surface area (Å²) in [7, 11) is -4.61. The van der Waals surface area contributed by atoms with E-state index in [4.69, 9.17) is 18.9 Å². The van der Waals surface area contributed by atoms with Crippen LogP contribution in [0, 0.1) is 0 Å². The SMILES string of the molecule is CCCCCCCC/C=C/CCCCCC(=O)O[C@H](COC(=O)CCC/C=C/CC/C=C/CCCCCCCCCCCCCCCC)CO[C@H]1O[C@H](CS(=O)(=O)O)[C@@H](O)C(O)C1O. The Morgan fingerprint density at radius 2 is 0.922 bits per heavy atom. The quantitative estimate of drug-likeness (QED) is 0.0196. The van der Waals surface area contributed by atoms with E-state index >= 15 is 0 Å². The molecule has 1 heterocycles. The van der Waals surface area contributed by atoms with Crippen molar-refractivity contribution in [2.75, 3.05) is 19.0 Å². The van der Waals surface area contributed by atoms with Gasteiger partial charge in [-0.15, -0.1) is 0 Å². The number of carbonyl (C=O) groups is 2. The van der Waals surface area contributed by atoms with Crippen molar-refractivity contribution in [3.63, 3.8) is 0 Å². The lowest BCUT2D eigenvalue weighted by atomic mass is 10.00. The molecule has 64 heavy (non-hydrogen) atoms.